The van der Waals surface area contributed by atoms with Crippen LogP contribution < -0.4 is 5.32 Å². The number of aromatic nitrogens is 2. The minimum absolute atomic E-state index is 0.155. The van der Waals surface area contributed by atoms with Crippen molar-refractivity contribution in [3.05, 3.63) is 36.7 Å². The Morgan fingerprint density at radius 3 is 2.54 bits per heavy atom. The zero-order valence-corrected chi connectivity index (χ0v) is 13.7. The van der Waals surface area contributed by atoms with Crippen LogP contribution >= 0.6 is 0 Å². The number of hydrogen-bond donors (Lipinski definition) is 2. The van der Waals surface area contributed by atoms with Crippen molar-refractivity contribution in [2.75, 3.05) is 18.9 Å². The molecule has 0 aliphatic carbocycles. The van der Waals surface area contributed by atoms with Gasteiger partial charge in [-0.15, -0.1) is 0 Å². The summed E-state index contributed by atoms with van der Waals surface area (Å²) in [6.07, 6.45) is 2.52. The molecule has 0 aliphatic heterocycles. The molecule has 1 aromatic carbocycles. The highest BCUT2D eigenvalue weighted by Crippen LogP contribution is 2.24. The molecule has 0 radical (unpaired) electrons. The van der Waals surface area contributed by atoms with Gasteiger partial charge in [0.15, 0.2) is 0 Å². The molecule has 2 N–H and O–H groups in total. The maximum absolute atomic E-state index is 12.9. The Kier molecular flexibility index (Phi) is 5.18. The van der Waals surface area contributed by atoms with Gasteiger partial charge in [0.05, 0.1) is 12.1 Å². The number of likely N-dealkylation sites (N-methyl/N-ethyl adjacent to an activating group) is 1. The molecule has 0 saturated heterocycles. The lowest BCUT2D eigenvalue weighted by Gasteiger charge is -2.25. The van der Waals surface area contributed by atoms with Gasteiger partial charge in [-0.05, 0) is 38.1 Å². The Labute approximate surface area is 138 Å². The molecule has 2 aromatic rings. The van der Waals surface area contributed by atoms with Crippen molar-refractivity contribution >= 4 is 11.7 Å². The van der Waals surface area contributed by atoms with E-state index in [-0.39, 0.29) is 18.4 Å². The van der Waals surface area contributed by atoms with Crippen LogP contribution in [0.2, 0.25) is 0 Å². The Morgan fingerprint density at radius 2 is 2.00 bits per heavy atom. The summed E-state index contributed by atoms with van der Waals surface area (Å²) in [6, 6.07) is 6.05. The van der Waals surface area contributed by atoms with E-state index in [1.807, 2.05) is 0 Å². The van der Waals surface area contributed by atoms with Gasteiger partial charge in [-0.25, -0.2) is 9.78 Å². The van der Waals surface area contributed by atoms with Crippen molar-refractivity contribution in [3.63, 3.8) is 0 Å². The fraction of sp³-hybridized carbons (Fsp3) is 0.375. The van der Waals surface area contributed by atoms with Crippen LogP contribution in [0.1, 0.15) is 20.4 Å². The summed E-state index contributed by atoms with van der Waals surface area (Å²) in [6.45, 7) is 0.716. The summed E-state index contributed by atoms with van der Waals surface area (Å²) in [7, 11) is 1.57. The zero-order chi connectivity index (χ0) is 17.9. The fourth-order valence-corrected chi connectivity index (χ4v) is 2.27. The molecule has 0 fully saturated rings. The Morgan fingerprint density at radius 1 is 1.38 bits per heavy atom. The van der Waals surface area contributed by atoms with E-state index >= 15 is 0 Å². The highest BCUT2D eigenvalue weighted by atomic mass is 19.3. The first kappa shape index (κ1) is 17.9. The first-order chi connectivity index (χ1) is 11.2. The number of benzene rings is 1. The quantitative estimate of drug-likeness (QED) is 0.880. The molecule has 6 nitrogen and oxygen atoms in total. The van der Waals surface area contributed by atoms with E-state index in [2.05, 4.69) is 10.3 Å². The van der Waals surface area contributed by atoms with Crippen LogP contribution in [-0.2, 0) is 0 Å². The number of anilines is 1. The van der Waals surface area contributed by atoms with E-state index < -0.39 is 12.2 Å². The number of urea groups is 1. The summed E-state index contributed by atoms with van der Waals surface area (Å²) in [4.78, 5) is 17.3. The highest BCUT2D eigenvalue weighted by Gasteiger charge is 2.19. The third-order valence-electron chi connectivity index (χ3n) is 3.24. The fourth-order valence-electron chi connectivity index (χ4n) is 2.27. The van der Waals surface area contributed by atoms with Gasteiger partial charge >= 0.3 is 12.6 Å². The number of nitrogens with zero attached hydrogens (tertiary/aromatic N) is 3. The summed E-state index contributed by atoms with van der Waals surface area (Å²) >= 11 is 0. The van der Waals surface area contributed by atoms with Crippen molar-refractivity contribution in [3.8, 4) is 11.4 Å². The topological polar surface area (TPSA) is 70.4 Å². The number of imidazole rings is 1. The van der Waals surface area contributed by atoms with Gasteiger partial charge in [0.1, 0.15) is 5.82 Å². The Balaban J connectivity index is 2.07. The normalized spacial score (nSPS) is 11.6. The number of alkyl halides is 2. The average molecular weight is 338 g/mol. The minimum Gasteiger partial charge on any atom is -0.389 e. The largest absolute Gasteiger partial charge is 0.389 e. The monoisotopic (exact) mass is 338 g/mol. The summed E-state index contributed by atoms with van der Waals surface area (Å²) < 4.78 is 26.5. The Bertz CT molecular complexity index is 693. The molecule has 0 bridgehead atoms. The van der Waals surface area contributed by atoms with Gasteiger partial charge in [-0.2, -0.15) is 8.78 Å². The maximum atomic E-state index is 12.9. The van der Waals surface area contributed by atoms with Crippen LogP contribution in [-0.4, -0.2) is 44.8 Å². The van der Waals surface area contributed by atoms with Gasteiger partial charge in [0, 0.05) is 30.7 Å². The standard InChI is InChI=1S/C16H20F2N4O2/c1-16(2,24)10-21(3)15(23)20-12-6-4-11(5-7-12)13-19-8-9-22(13)14(17)18/h4-9,14,24H,10H2,1-3H3,(H,20,23). The second-order valence-corrected chi connectivity index (χ2v) is 6.11. The number of aliphatic hydroxyl groups is 1. The Hall–Kier alpha value is -2.48. The first-order valence-electron chi connectivity index (χ1n) is 7.33. The molecule has 2 amide bonds. The molecular formula is C16H20F2N4O2. The van der Waals surface area contributed by atoms with Crippen LogP contribution in [0.3, 0.4) is 0 Å². The van der Waals surface area contributed by atoms with Crippen molar-refractivity contribution in [1.29, 1.82) is 0 Å². The molecule has 0 unspecified atom stereocenters. The minimum atomic E-state index is -2.67. The number of carbonyl (C=O) groups is 1. The molecule has 2 rings (SSSR count). The van der Waals surface area contributed by atoms with Crippen LogP contribution in [0.5, 0.6) is 0 Å². The van der Waals surface area contributed by atoms with Crippen molar-refractivity contribution in [1.82, 2.24) is 14.5 Å². The van der Waals surface area contributed by atoms with E-state index in [9.17, 15) is 18.7 Å². The summed E-state index contributed by atoms with van der Waals surface area (Å²) in [5, 5.41) is 12.4. The van der Waals surface area contributed by atoms with E-state index in [0.29, 0.717) is 11.3 Å². The van der Waals surface area contributed by atoms with Gasteiger partial charge in [-0.1, -0.05) is 0 Å². The van der Waals surface area contributed by atoms with Crippen molar-refractivity contribution in [2.24, 2.45) is 0 Å². The summed E-state index contributed by atoms with van der Waals surface area (Å²) in [5.74, 6) is 0.155. The molecule has 1 aromatic heterocycles. The van der Waals surface area contributed by atoms with E-state index in [1.54, 1.807) is 45.2 Å². The zero-order valence-electron chi connectivity index (χ0n) is 13.7. The lowest BCUT2D eigenvalue weighted by atomic mass is 10.1. The number of rotatable bonds is 5. The van der Waals surface area contributed by atoms with Crippen LogP contribution in [0.4, 0.5) is 19.3 Å². The highest BCUT2D eigenvalue weighted by molar-refractivity contribution is 5.89. The second kappa shape index (κ2) is 6.96. The second-order valence-electron chi connectivity index (χ2n) is 6.11. The van der Waals surface area contributed by atoms with E-state index in [0.717, 1.165) is 4.57 Å². The molecule has 0 saturated carbocycles. The van der Waals surface area contributed by atoms with Crippen molar-refractivity contribution in [2.45, 2.75) is 26.0 Å². The lowest BCUT2D eigenvalue weighted by Crippen LogP contribution is -2.41. The third kappa shape index (κ3) is 4.51. The maximum Gasteiger partial charge on any atom is 0.321 e. The van der Waals surface area contributed by atoms with Crippen LogP contribution in [0.15, 0.2) is 36.7 Å². The van der Waals surface area contributed by atoms with Crippen molar-refractivity contribution < 1.29 is 18.7 Å². The van der Waals surface area contributed by atoms with Gasteiger partial charge in [0.2, 0.25) is 0 Å². The molecule has 0 spiro atoms. The number of hydrogen-bond acceptors (Lipinski definition) is 3. The number of carbonyl (C=O) groups excluding carboxylic acids is 1. The van der Waals surface area contributed by atoms with E-state index in [4.69, 9.17) is 0 Å². The SMILES string of the molecule is CN(CC(C)(C)O)C(=O)Nc1ccc(-c2nccn2C(F)F)cc1. The smallest absolute Gasteiger partial charge is 0.321 e. The van der Waals surface area contributed by atoms with Gasteiger partial charge in [-0.3, -0.25) is 4.57 Å². The molecule has 24 heavy (non-hydrogen) atoms. The molecular weight excluding hydrogens is 318 g/mol. The number of nitrogens with one attached hydrogen (secondary N) is 1. The molecule has 0 atom stereocenters. The molecule has 1 heterocycles. The predicted molar refractivity (Wildman–Crippen MR) is 86.9 cm³/mol. The average Bonchev–Trinajstić information content (AvgIpc) is 2.96. The van der Waals surface area contributed by atoms with Crippen LogP contribution in [0, 0.1) is 0 Å². The first-order valence-corrected chi connectivity index (χ1v) is 7.33. The number of halogens is 2. The summed E-state index contributed by atoms with van der Waals surface area (Å²) in [5.41, 5.74) is 0.0344. The molecule has 130 valence electrons. The molecule has 0 aliphatic rings. The van der Waals surface area contributed by atoms with E-state index in [1.165, 1.54) is 17.3 Å². The molecule has 8 heteroatoms. The van der Waals surface area contributed by atoms with Crippen LogP contribution in [0.25, 0.3) is 11.4 Å². The van der Waals surface area contributed by atoms with Gasteiger partial charge in [0.25, 0.3) is 0 Å². The van der Waals surface area contributed by atoms with Gasteiger partial charge < -0.3 is 15.3 Å². The lowest BCUT2D eigenvalue weighted by molar-refractivity contribution is 0.0550. The predicted octanol–water partition coefficient (Wildman–Crippen LogP) is 3.18. The third-order valence-corrected chi connectivity index (χ3v) is 3.24. The number of amides is 2.